The molecule has 1 aromatic carbocycles. The summed E-state index contributed by atoms with van der Waals surface area (Å²) in [4.78, 5) is 11.8. The van der Waals surface area contributed by atoms with Crippen LogP contribution < -0.4 is 9.61 Å². The Morgan fingerprint density at radius 2 is 1.81 bits per heavy atom. The third kappa shape index (κ3) is 7.66. The maximum Gasteiger partial charge on any atom is 0.326 e. The van der Waals surface area contributed by atoms with E-state index in [1.54, 1.807) is 45.0 Å². The van der Waals surface area contributed by atoms with Crippen molar-refractivity contribution in [1.29, 1.82) is 0 Å². The van der Waals surface area contributed by atoms with Crippen LogP contribution in [0.1, 0.15) is 34.6 Å². The van der Waals surface area contributed by atoms with Gasteiger partial charge in [-0.3, -0.25) is 4.79 Å². The highest BCUT2D eigenvalue weighted by Gasteiger charge is 2.31. The van der Waals surface area contributed by atoms with E-state index in [0.717, 1.165) is 0 Å². The Bertz CT molecular complexity index is 423. The molecule has 4 nitrogen and oxygen atoms in total. The molecule has 21 heavy (non-hydrogen) atoms. The van der Waals surface area contributed by atoms with Crippen molar-refractivity contribution in [2.24, 2.45) is 0 Å². The van der Waals surface area contributed by atoms with Gasteiger partial charge in [-0.2, -0.15) is 0 Å². The predicted octanol–water partition coefficient (Wildman–Crippen LogP) is 4.62. The minimum Gasteiger partial charge on any atom is -0.465 e. The molecule has 1 aromatic rings. The van der Waals surface area contributed by atoms with E-state index in [1.807, 2.05) is 20.5 Å². The predicted molar refractivity (Wildman–Crippen MR) is 90.1 cm³/mol. The van der Waals surface area contributed by atoms with E-state index >= 15 is 0 Å². The van der Waals surface area contributed by atoms with Gasteiger partial charge in [-0.15, -0.1) is 0 Å². The SMILES string of the molecule is CC.CCOC(=O)C(C)(C)NP(C)Oc1ccc(Cl)cc1. The Morgan fingerprint density at radius 1 is 1.29 bits per heavy atom. The molecule has 0 aliphatic heterocycles. The van der Waals surface area contributed by atoms with Crippen LogP contribution in [0.2, 0.25) is 5.02 Å². The number of nitrogens with one attached hydrogen (secondary N) is 1. The second kappa shape index (κ2) is 9.99. The number of hydrogen-bond donors (Lipinski definition) is 1. The lowest BCUT2D eigenvalue weighted by Crippen LogP contribution is -2.45. The summed E-state index contributed by atoms with van der Waals surface area (Å²) in [7, 11) is -0.992. The normalized spacial score (nSPS) is 12.0. The fourth-order valence-corrected chi connectivity index (χ4v) is 2.92. The number of benzene rings is 1. The van der Waals surface area contributed by atoms with E-state index in [-0.39, 0.29) is 5.97 Å². The van der Waals surface area contributed by atoms with Crippen LogP contribution in [0.15, 0.2) is 24.3 Å². The van der Waals surface area contributed by atoms with Crippen LogP contribution in [-0.2, 0) is 9.53 Å². The molecule has 0 amide bonds. The average Bonchev–Trinajstić information content (AvgIpc) is 2.43. The fraction of sp³-hybridized carbons (Fsp3) is 0.533. The highest BCUT2D eigenvalue weighted by molar-refractivity contribution is 7.50. The van der Waals surface area contributed by atoms with E-state index in [9.17, 15) is 4.79 Å². The molecule has 0 heterocycles. The number of hydrogen-bond acceptors (Lipinski definition) is 4. The van der Waals surface area contributed by atoms with Crippen molar-refractivity contribution in [2.45, 2.75) is 40.2 Å². The van der Waals surface area contributed by atoms with Gasteiger partial charge in [-0.05, 0) is 45.0 Å². The maximum atomic E-state index is 11.8. The van der Waals surface area contributed by atoms with Gasteiger partial charge in [0, 0.05) is 11.7 Å². The average molecular weight is 334 g/mol. The molecular weight excluding hydrogens is 309 g/mol. The third-order valence-electron chi connectivity index (χ3n) is 2.28. The van der Waals surface area contributed by atoms with Gasteiger partial charge in [0.1, 0.15) is 11.3 Å². The maximum absolute atomic E-state index is 11.8. The fourth-order valence-electron chi connectivity index (χ4n) is 1.43. The van der Waals surface area contributed by atoms with Gasteiger partial charge in [-0.1, -0.05) is 25.4 Å². The van der Waals surface area contributed by atoms with Gasteiger partial charge in [0.15, 0.2) is 8.30 Å². The molecule has 0 aromatic heterocycles. The summed E-state index contributed by atoms with van der Waals surface area (Å²) in [5.41, 5.74) is -0.775. The molecule has 0 bridgehead atoms. The standard InChI is InChI=1S/C13H19ClNO3P.C2H6/c1-5-17-12(16)13(2,3)15-19(4)18-11-8-6-10(14)7-9-11;1-2/h6-9,15H,5H2,1-4H3;1-2H3. The van der Waals surface area contributed by atoms with Crippen LogP contribution in [0.3, 0.4) is 0 Å². The Morgan fingerprint density at radius 3 is 2.29 bits per heavy atom. The highest BCUT2D eigenvalue weighted by atomic mass is 35.5. The summed E-state index contributed by atoms with van der Waals surface area (Å²) >= 11 is 5.80. The molecule has 0 radical (unpaired) electrons. The molecule has 1 unspecified atom stereocenters. The van der Waals surface area contributed by atoms with E-state index in [4.69, 9.17) is 20.9 Å². The van der Waals surface area contributed by atoms with Gasteiger partial charge in [0.05, 0.1) is 6.61 Å². The van der Waals surface area contributed by atoms with Crippen molar-refractivity contribution in [3.63, 3.8) is 0 Å². The first-order chi connectivity index (χ1) is 9.85. The van der Waals surface area contributed by atoms with Crippen molar-refractivity contribution in [3.05, 3.63) is 29.3 Å². The molecule has 0 aliphatic rings. The molecule has 1 rings (SSSR count). The summed E-state index contributed by atoms with van der Waals surface area (Å²) in [5.74, 6) is 0.425. The molecule has 120 valence electrons. The van der Waals surface area contributed by atoms with Crippen LogP contribution >= 0.6 is 19.9 Å². The van der Waals surface area contributed by atoms with Crippen molar-refractivity contribution in [1.82, 2.24) is 5.09 Å². The smallest absolute Gasteiger partial charge is 0.326 e. The number of carbonyl (C=O) groups excluding carboxylic acids is 1. The molecule has 1 N–H and O–H groups in total. The van der Waals surface area contributed by atoms with Gasteiger partial charge >= 0.3 is 5.97 Å². The lowest BCUT2D eigenvalue weighted by atomic mass is 10.1. The summed E-state index contributed by atoms with van der Waals surface area (Å²) in [6.45, 7) is 11.6. The van der Waals surface area contributed by atoms with Crippen molar-refractivity contribution in [2.75, 3.05) is 13.3 Å². The quantitative estimate of drug-likeness (QED) is 0.609. The Labute approximate surface area is 134 Å². The zero-order chi connectivity index (χ0) is 16.5. The first kappa shape index (κ1) is 20.2. The van der Waals surface area contributed by atoms with Crippen molar-refractivity contribution < 1.29 is 14.1 Å². The van der Waals surface area contributed by atoms with Crippen LogP contribution in [-0.4, -0.2) is 24.8 Å². The first-order valence-corrected chi connectivity index (χ1v) is 9.06. The van der Waals surface area contributed by atoms with Crippen LogP contribution in [0.5, 0.6) is 5.75 Å². The van der Waals surface area contributed by atoms with Crippen LogP contribution in [0, 0.1) is 0 Å². The number of ether oxygens (including phenoxy) is 1. The highest BCUT2D eigenvalue weighted by Crippen LogP contribution is 2.33. The molecule has 6 heteroatoms. The monoisotopic (exact) mass is 333 g/mol. The first-order valence-electron chi connectivity index (χ1n) is 6.97. The van der Waals surface area contributed by atoms with Crippen LogP contribution in [0.4, 0.5) is 0 Å². The van der Waals surface area contributed by atoms with Gasteiger partial charge in [-0.25, -0.2) is 5.09 Å². The van der Waals surface area contributed by atoms with Gasteiger partial charge in [0.2, 0.25) is 0 Å². The summed E-state index contributed by atoms with van der Waals surface area (Å²) < 4.78 is 10.7. The largest absolute Gasteiger partial charge is 0.465 e. The minimum atomic E-state index is -0.992. The number of carbonyl (C=O) groups is 1. The molecule has 0 saturated carbocycles. The van der Waals surface area contributed by atoms with E-state index in [2.05, 4.69) is 5.09 Å². The van der Waals surface area contributed by atoms with Crippen LogP contribution in [0.25, 0.3) is 0 Å². The van der Waals surface area contributed by atoms with Crippen molar-refractivity contribution in [3.8, 4) is 5.75 Å². The Balaban J connectivity index is 0.00000191. The number of esters is 1. The van der Waals surface area contributed by atoms with Crippen molar-refractivity contribution >= 4 is 25.9 Å². The van der Waals surface area contributed by atoms with E-state index in [0.29, 0.717) is 17.4 Å². The molecule has 0 spiro atoms. The number of rotatable bonds is 6. The van der Waals surface area contributed by atoms with E-state index in [1.165, 1.54) is 0 Å². The summed E-state index contributed by atoms with van der Waals surface area (Å²) in [6.07, 6.45) is 0. The number of halogens is 1. The topological polar surface area (TPSA) is 47.6 Å². The molecule has 0 fully saturated rings. The van der Waals surface area contributed by atoms with Gasteiger partial charge < -0.3 is 9.26 Å². The summed E-state index contributed by atoms with van der Waals surface area (Å²) in [6, 6.07) is 7.10. The Kier molecular flexibility index (Phi) is 9.60. The molecule has 0 saturated heterocycles. The molecule has 0 aliphatic carbocycles. The molecule has 1 atom stereocenters. The lowest BCUT2D eigenvalue weighted by molar-refractivity contribution is -0.148. The second-order valence-electron chi connectivity index (χ2n) is 4.50. The van der Waals surface area contributed by atoms with Gasteiger partial charge in [0.25, 0.3) is 0 Å². The zero-order valence-corrected chi connectivity index (χ0v) is 15.2. The third-order valence-corrected chi connectivity index (χ3v) is 3.89. The minimum absolute atomic E-state index is 0.288. The second-order valence-corrected chi connectivity index (χ2v) is 6.34. The lowest BCUT2D eigenvalue weighted by Gasteiger charge is -2.27. The molecular formula is C15H25ClNO3P. The summed E-state index contributed by atoms with van der Waals surface area (Å²) in [5, 5.41) is 3.80. The zero-order valence-electron chi connectivity index (χ0n) is 13.6. The van der Waals surface area contributed by atoms with E-state index < -0.39 is 13.8 Å². The Hall–Kier alpha value is -0.830.